The molecule has 6 heteroatoms. The van der Waals surface area contributed by atoms with E-state index < -0.39 is 0 Å². The summed E-state index contributed by atoms with van der Waals surface area (Å²) in [6.45, 7) is 7.16. The predicted molar refractivity (Wildman–Crippen MR) is 76.5 cm³/mol. The summed E-state index contributed by atoms with van der Waals surface area (Å²) in [5, 5.41) is 16.4. The molecule has 3 heterocycles. The van der Waals surface area contributed by atoms with E-state index in [0.29, 0.717) is 6.54 Å². The summed E-state index contributed by atoms with van der Waals surface area (Å²) in [5.74, 6) is 1.04. The third kappa shape index (κ3) is 2.54. The molecule has 3 N–H and O–H groups in total. The third-order valence-electron chi connectivity index (χ3n) is 3.88. The third-order valence-corrected chi connectivity index (χ3v) is 3.88. The lowest BCUT2D eigenvalue weighted by Crippen LogP contribution is -2.30. The molecule has 0 spiro atoms. The molecule has 3 rings (SSSR count). The quantitative estimate of drug-likeness (QED) is 0.733. The van der Waals surface area contributed by atoms with Crippen LogP contribution >= 0.6 is 0 Å². The van der Waals surface area contributed by atoms with Crippen molar-refractivity contribution in [3.05, 3.63) is 29.3 Å². The van der Waals surface area contributed by atoms with E-state index in [1.54, 1.807) is 0 Å². The molecule has 2 aromatic rings. The maximum absolute atomic E-state index is 9.76. The average molecular weight is 275 g/mol. The molecule has 1 saturated heterocycles. The van der Waals surface area contributed by atoms with Gasteiger partial charge in [-0.3, -0.25) is 4.40 Å². The molecule has 2 unspecified atom stereocenters. The van der Waals surface area contributed by atoms with Crippen molar-refractivity contribution >= 4 is 5.78 Å². The molecular weight excluding hydrogens is 254 g/mol. The summed E-state index contributed by atoms with van der Waals surface area (Å²) in [5.41, 5.74) is 3.23. The van der Waals surface area contributed by atoms with E-state index in [9.17, 15) is 5.11 Å². The Morgan fingerprint density at radius 2 is 2.30 bits per heavy atom. The van der Waals surface area contributed by atoms with Crippen LogP contribution in [0.2, 0.25) is 0 Å². The van der Waals surface area contributed by atoms with Crippen LogP contribution < -0.4 is 10.6 Å². The average Bonchev–Trinajstić information content (AvgIpc) is 2.97. The second-order valence-electron chi connectivity index (χ2n) is 5.54. The highest BCUT2D eigenvalue weighted by molar-refractivity contribution is 5.35. The normalized spacial score (nSPS) is 22.8. The van der Waals surface area contributed by atoms with Gasteiger partial charge in [0.15, 0.2) is 0 Å². The number of hydrogen-bond donors (Lipinski definition) is 3. The first-order valence-corrected chi connectivity index (χ1v) is 7.05. The zero-order valence-corrected chi connectivity index (χ0v) is 11.9. The number of aliphatic hydroxyl groups excluding tert-OH is 1. The number of imidazole rings is 1. The standard InChI is InChI=1S/C14H21N5O/c1-9-3-10(2)19-12(7-17-14(19)18-9)6-15-4-11-5-16-8-13(11)20/h3,7,11,13,15-16,20H,4-6,8H2,1-2H3. The smallest absolute Gasteiger partial charge is 0.234 e. The summed E-state index contributed by atoms with van der Waals surface area (Å²) in [6.07, 6.45) is 1.63. The van der Waals surface area contributed by atoms with Gasteiger partial charge in [0, 0.05) is 43.5 Å². The fraction of sp³-hybridized carbons (Fsp3) is 0.571. The minimum absolute atomic E-state index is 0.240. The topological polar surface area (TPSA) is 74.5 Å². The summed E-state index contributed by atoms with van der Waals surface area (Å²) < 4.78 is 2.07. The number of β-amino-alcohol motifs (C(OH)–C–C–N with tert-alkyl or cyclic N) is 1. The molecule has 108 valence electrons. The number of aryl methyl sites for hydroxylation is 2. The highest BCUT2D eigenvalue weighted by Gasteiger charge is 2.24. The summed E-state index contributed by atoms with van der Waals surface area (Å²) in [6, 6.07) is 2.06. The highest BCUT2D eigenvalue weighted by Crippen LogP contribution is 2.11. The summed E-state index contributed by atoms with van der Waals surface area (Å²) in [4.78, 5) is 8.78. The van der Waals surface area contributed by atoms with Crippen LogP contribution in [0.4, 0.5) is 0 Å². The molecule has 2 aromatic heterocycles. The molecule has 0 radical (unpaired) electrons. The first-order valence-electron chi connectivity index (χ1n) is 7.05. The van der Waals surface area contributed by atoms with Gasteiger partial charge >= 0.3 is 0 Å². The lowest BCUT2D eigenvalue weighted by molar-refractivity contribution is 0.146. The predicted octanol–water partition coefficient (Wildman–Crippen LogP) is 0.0160. The SMILES string of the molecule is Cc1cc(C)n2c(CNCC3CNCC3O)cnc2n1. The van der Waals surface area contributed by atoms with Crippen LogP contribution in [0, 0.1) is 19.8 Å². The minimum Gasteiger partial charge on any atom is -0.391 e. The van der Waals surface area contributed by atoms with Gasteiger partial charge in [-0.1, -0.05) is 0 Å². The van der Waals surface area contributed by atoms with E-state index in [-0.39, 0.29) is 12.0 Å². The lowest BCUT2D eigenvalue weighted by atomic mass is 10.1. The van der Waals surface area contributed by atoms with Gasteiger partial charge in [0.05, 0.1) is 18.0 Å². The first-order chi connectivity index (χ1) is 9.65. The molecule has 1 fully saturated rings. The monoisotopic (exact) mass is 275 g/mol. The number of nitrogens with one attached hydrogen (secondary N) is 2. The number of aromatic nitrogens is 3. The Morgan fingerprint density at radius 1 is 1.45 bits per heavy atom. The van der Waals surface area contributed by atoms with Gasteiger partial charge in [-0.05, 0) is 19.9 Å². The molecule has 0 saturated carbocycles. The van der Waals surface area contributed by atoms with Gasteiger partial charge in [-0.15, -0.1) is 0 Å². The number of nitrogens with zero attached hydrogens (tertiary/aromatic N) is 3. The number of rotatable bonds is 4. The van der Waals surface area contributed by atoms with Crippen LogP contribution in [-0.2, 0) is 6.54 Å². The van der Waals surface area contributed by atoms with Crippen molar-refractivity contribution in [3.63, 3.8) is 0 Å². The van der Waals surface area contributed by atoms with Crippen molar-refractivity contribution in [2.45, 2.75) is 26.5 Å². The van der Waals surface area contributed by atoms with Crippen molar-refractivity contribution in [3.8, 4) is 0 Å². The van der Waals surface area contributed by atoms with Crippen LogP contribution in [0.5, 0.6) is 0 Å². The zero-order chi connectivity index (χ0) is 14.1. The largest absolute Gasteiger partial charge is 0.391 e. The molecule has 6 nitrogen and oxygen atoms in total. The van der Waals surface area contributed by atoms with E-state index in [1.807, 2.05) is 13.1 Å². The fourth-order valence-electron chi connectivity index (χ4n) is 2.83. The van der Waals surface area contributed by atoms with Crippen LogP contribution in [-0.4, -0.2) is 45.2 Å². The molecule has 1 aliphatic heterocycles. The number of hydrogen-bond acceptors (Lipinski definition) is 5. The molecule has 0 aliphatic carbocycles. The molecule has 0 amide bonds. The fourth-order valence-corrected chi connectivity index (χ4v) is 2.83. The van der Waals surface area contributed by atoms with Crippen molar-refractivity contribution in [1.82, 2.24) is 25.0 Å². The lowest BCUT2D eigenvalue weighted by Gasteiger charge is -2.14. The molecule has 0 bridgehead atoms. The van der Waals surface area contributed by atoms with Crippen LogP contribution in [0.15, 0.2) is 12.3 Å². The Kier molecular flexibility index (Phi) is 3.69. The van der Waals surface area contributed by atoms with E-state index in [2.05, 4.69) is 38.0 Å². The molecular formula is C14H21N5O. The number of fused-ring (bicyclic) bond motifs is 1. The van der Waals surface area contributed by atoms with Crippen molar-refractivity contribution in [1.29, 1.82) is 0 Å². The second kappa shape index (κ2) is 5.47. The molecule has 1 aliphatic rings. The number of aliphatic hydroxyl groups is 1. The van der Waals surface area contributed by atoms with E-state index >= 15 is 0 Å². The van der Waals surface area contributed by atoms with E-state index in [1.165, 1.54) is 0 Å². The van der Waals surface area contributed by atoms with Crippen molar-refractivity contribution in [2.75, 3.05) is 19.6 Å². The van der Waals surface area contributed by atoms with Gasteiger partial charge < -0.3 is 15.7 Å². The molecule has 2 atom stereocenters. The maximum Gasteiger partial charge on any atom is 0.234 e. The zero-order valence-electron chi connectivity index (χ0n) is 11.9. The van der Waals surface area contributed by atoms with E-state index in [0.717, 1.165) is 42.5 Å². The van der Waals surface area contributed by atoms with Crippen LogP contribution in [0.3, 0.4) is 0 Å². The second-order valence-corrected chi connectivity index (χ2v) is 5.54. The molecule has 0 aromatic carbocycles. The minimum atomic E-state index is -0.240. The van der Waals surface area contributed by atoms with Crippen LogP contribution in [0.1, 0.15) is 17.1 Å². The summed E-state index contributed by atoms with van der Waals surface area (Å²) in [7, 11) is 0. The van der Waals surface area contributed by atoms with E-state index in [4.69, 9.17) is 0 Å². The molecule has 20 heavy (non-hydrogen) atoms. The van der Waals surface area contributed by atoms with Gasteiger partial charge in [0.1, 0.15) is 0 Å². The Bertz CT molecular complexity index is 609. The van der Waals surface area contributed by atoms with Crippen molar-refractivity contribution < 1.29 is 5.11 Å². The Balaban J connectivity index is 1.69. The maximum atomic E-state index is 9.76. The summed E-state index contributed by atoms with van der Waals surface area (Å²) >= 11 is 0. The van der Waals surface area contributed by atoms with Gasteiger partial charge in [-0.2, -0.15) is 0 Å². The highest BCUT2D eigenvalue weighted by atomic mass is 16.3. The van der Waals surface area contributed by atoms with Crippen molar-refractivity contribution in [2.24, 2.45) is 5.92 Å². The van der Waals surface area contributed by atoms with Gasteiger partial charge in [0.25, 0.3) is 0 Å². The Labute approximate surface area is 118 Å². The Hall–Kier alpha value is -1.50. The first kappa shape index (κ1) is 13.5. The van der Waals surface area contributed by atoms with Gasteiger partial charge in [0.2, 0.25) is 5.78 Å². The van der Waals surface area contributed by atoms with Gasteiger partial charge in [-0.25, -0.2) is 9.97 Å². The Morgan fingerprint density at radius 3 is 3.05 bits per heavy atom. The van der Waals surface area contributed by atoms with Crippen LogP contribution in [0.25, 0.3) is 5.78 Å².